The Kier molecular flexibility index (Phi) is 2.66. The lowest BCUT2D eigenvalue weighted by Crippen LogP contribution is -2.37. The average molecular weight is 233 g/mol. The average Bonchev–Trinajstić information content (AvgIpc) is 2.75. The maximum Gasteiger partial charge on any atom is 0.155 e. The van der Waals surface area contributed by atoms with Gasteiger partial charge in [-0.3, -0.25) is 9.69 Å². The lowest BCUT2D eigenvalue weighted by Gasteiger charge is -2.34. The molecule has 4 unspecified atom stereocenters. The number of hydrogen-bond donors (Lipinski definition) is 0. The molecule has 0 aromatic carbocycles. The van der Waals surface area contributed by atoms with Crippen molar-refractivity contribution in [3.63, 3.8) is 0 Å². The highest BCUT2D eigenvalue weighted by molar-refractivity contribution is 5.90. The van der Waals surface area contributed by atoms with Crippen LogP contribution < -0.4 is 0 Å². The second kappa shape index (κ2) is 3.94. The normalized spacial score (nSPS) is 45.1. The van der Waals surface area contributed by atoms with Crippen LogP contribution in [-0.2, 0) is 4.79 Å². The topological polar surface area (TPSA) is 20.3 Å². The van der Waals surface area contributed by atoms with Crippen LogP contribution in [0.15, 0.2) is 12.2 Å². The first kappa shape index (κ1) is 11.5. The summed E-state index contributed by atoms with van der Waals surface area (Å²) in [6.45, 7) is 7.18. The first-order chi connectivity index (χ1) is 8.15. The summed E-state index contributed by atoms with van der Waals surface area (Å²) in [5.74, 6) is 1.64. The van der Waals surface area contributed by atoms with Gasteiger partial charge in [0.1, 0.15) is 0 Å². The Morgan fingerprint density at radius 3 is 3.12 bits per heavy atom. The second-order valence-electron chi connectivity index (χ2n) is 6.34. The molecular formula is C15H23NO. The quantitative estimate of drug-likeness (QED) is 0.731. The molecule has 0 N–H and O–H groups in total. The number of ketones is 1. The molecule has 1 saturated carbocycles. The van der Waals surface area contributed by atoms with Gasteiger partial charge in [-0.2, -0.15) is 0 Å². The molecule has 1 heterocycles. The monoisotopic (exact) mass is 233 g/mol. The molecule has 2 fully saturated rings. The summed E-state index contributed by atoms with van der Waals surface area (Å²) in [5.41, 5.74) is 0.403. The van der Waals surface area contributed by atoms with Gasteiger partial charge in [-0.25, -0.2) is 0 Å². The summed E-state index contributed by atoms with van der Waals surface area (Å²) >= 11 is 0. The van der Waals surface area contributed by atoms with Gasteiger partial charge in [0.05, 0.1) is 0 Å². The molecule has 2 aliphatic carbocycles. The van der Waals surface area contributed by atoms with Gasteiger partial charge >= 0.3 is 0 Å². The molecule has 0 radical (unpaired) electrons. The van der Waals surface area contributed by atoms with Crippen LogP contribution in [0.1, 0.15) is 39.5 Å². The molecule has 1 saturated heterocycles. The Labute approximate surface area is 104 Å². The van der Waals surface area contributed by atoms with Gasteiger partial charge in [-0.05, 0) is 55.7 Å². The van der Waals surface area contributed by atoms with Crippen molar-refractivity contribution < 1.29 is 4.79 Å². The predicted molar refractivity (Wildman–Crippen MR) is 68.7 cm³/mol. The van der Waals surface area contributed by atoms with E-state index in [9.17, 15) is 4.79 Å². The summed E-state index contributed by atoms with van der Waals surface area (Å²) in [6.07, 6.45) is 8.65. The Hall–Kier alpha value is -0.630. The Morgan fingerprint density at radius 1 is 1.53 bits per heavy atom. The molecule has 2 heteroatoms. The second-order valence-corrected chi connectivity index (χ2v) is 6.34. The van der Waals surface area contributed by atoms with Crippen LogP contribution in [-0.4, -0.2) is 29.8 Å². The van der Waals surface area contributed by atoms with E-state index in [2.05, 4.69) is 24.8 Å². The van der Waals surface area contributed by atoms with E-state index in [1.165, 1.54) is 32.4 Å². The molecule has 4 atom stereocenters. The van der Waals surface area contributed by atoms with E-state index in [1.54, 1.807) is 0 Å². The molecule has 3 rings (SSSR count). The fourth-order valence-electron chi connectivity index (χ4n) is 4.55. The van der Waals surface area contributed by atoms with Crippen LogP contribution in [0.25, 0.3) is 0 Å². The first-order valence-electron chi connectivity index (χ1n) is 7.10. The fraction of sp³-hybridized carbons (Fsp3) is 0.800. The van der Waals surface area contributed by atoms with Crippen LogP contribution in [0.2, 0.25) is 0 Å². The number of fused-ring (bicyclic) bond motifs is 3. The maximum atomic E-state index is 11.6. The molecule has 0 amide bonds. The highest BCUT2D eigenvalue weighted by atomic mass is 16.1. The number of allylic oxidation sites excluding steroid dienone is 2. The van der Waals surface area contributed by atoms with Crippen LogP contribution >= 0.6 is 0 Å². The molecule has 0 aromatic rings. The summed E-state index contributed by atoms with van der Waals surface area (Å²) in [4.78, 5) is 14.3. The van der Waals surface area contributed by atoms with Crippen molar-refractivity contribution in [2.45, 2.75) is 45.6 Å². The van der Waals surface area contributed by atoms with Gasteiger partial charge in [0.15, 0.2) is 5.78 Å². The van der Waals surface area contributed by atoms with Crippen molar-refractivity contribution in [2.24, 2.45) is 17.3 Å². The van der Waals surface area contributed by atoms with Crippen LogP contribution in [0.3, 0.4) is 0 Å². The van der Waals surface area contributed by atoms with Crippen molar-refractivity contribution in [1.82, 2.24) is 4.90 Å². The van der Waals surface area contributed by atoms with Crippen molar-refractivity contribution in [2.75, 3.05) is 13.1 Å². The summed E-state index contributed by atoms with van der Waals surface area (Å²) < 4.78 is 0. The van der Waals surface area contributed by atoms with Crippen LogP contribution in [0, 0.1) is 17.3 Å². The van der Waals surface area contributed by atoms with Crippen molar-refractivity contribution in [1.29, 1.82) is 0 Å². The van der Waals surface area contributed by atoms with Crippen LogP contribution in [0.5, 0.6) is 0 Å². The zero-order chi connectivity index (χ0) is 12.0. The van der Waals surface area contributed by atoms with Gasteiger partial charge in [0, 0.05) is 12.5 Å². The van der Waals surface area contributed by atoms with E-state index >= 15 is 0 Å². The van der Waals surface area contributed by atoms with Crippen molar-refractivity contribution in [3.8, 4) is 0 Å². The molecule has 0 spiro atoms. The standard InChI is InChI=1S/C15H23NO/c1-3-7-16-8-6-15(2)13-10-12(17)5-4-11(13)9-14(15)16/h4-5,11,13-14H,3,6-10H2,1-2H3. The molecule has 17 heavy (non-hydrogen) atoms. The lowest BCUT2D eigenvalue weighted by molar-refractivity contribution is -0.117. The van der Waals surface area contributed by atoms with E-state index < -0.39 is 0 Å². The third-order valence-corrected chi connectivity index (χ3v) is 5.46. The Bertz CT molecular complexity index is 362. The zero-order valence-electron chi connectivity index (χ0n) is 11.0. The molecule has 1 aliphatic heterocycles. The SMILES string of the molecule is CCCN1CCC2(C)C3CC(=O)C=CC3CC12. The fourth-order valence-corrected chi connectivity index (χ4v) is 4.55. The number of nitrogens with zero attached hydrogens (tertiary/aromatic N) is 1. The Balaban J connectivity index is 1.85. The lowest BCUT2D eigenvalue weighted by atomic mass is 9.71. The van der Waals surface area contributed by atoms with E-state index in [4.69, 9.17) is 0 Å². The van der Waals surface area contributed by atoms with E-state index in [0.717, 1.165) is 12.5 Å². The minimum absolute atomic E-state index is 0.349. The predicted octanol–water partition coefficient (Wildman–Crippen LogP) is 2.64. The van der Waals surface area contributed by atoms with E-state index in [1.807, 2.05) is 6.08 Å². The number of rotatable bonds is 2. The number of likely N-dealkylation sites (tertiary alicyclic amines) is 1. The summed E-state index contributed by atoms with van der Waals surface area (Å²) in [7, 11) is 0. The van der Waals surface area contributed by atoms with Gasteiger partial charge in [-0.15, -0.1) is 0 Å². The highest BCUT2D eigenvalue weighted by Gasteiger charge is 2.56. The van der Waals surface area contributed by atoms with Gasteiger partial charge in [0.2, 0.25) is 0 Å². The number of carbonyl (C=O) groups excluding carboxylic acids is 1. The minimum atomic E-state index is 0.349. The molecule has 3 aliphatic rings. The molecule has 2 nitrogen and oxygen atoms in total. The largest absolute Gasteiger partial charge is 0.300 e. The molecule has 94 valence electrons. The van der Waals surface area contributed by atoms with Gasteiger partial charge < -0.3 is 0 Å². The third-order valence-electron chi connectivity index (χ3n) is 5.46. The minimum Gasteiger partial charge on any atom is -0.300 e. The molecular weight excluding hydrogens is 210 g/mol. The van der Waals surface area contributed by atoms with Gasteiger partial charge in [0.25, 0.3) is 0 Å². The maximum absolute atomic E-state index is 11.6. The van der Waals surface area contributed by atoms with E-state index in [-0.39, 0.29) is 0 Å². The number of hydrogen-bond acceptors (Lipinski definition) is 2. The van der Waals surface area contributed by atoms with Gasteiger partial charge in [-0.1, -0.05) is 19.9 Å². The van der Waals surface area contributed by atoms with Crippen molar-refractivity contribution >= 4 is 5.78 Å². The summed E-state index contributed by atoms with van der Waals surface area (Å²) in [5, 5.41) is 0. The number of carbonyl (C=O) groups is 1. The molecule has 0 bridgehead atoms. The summed E-state index contributed by atoms with van der Waals surface area (Å²) in [6, 6.07) is 0.730. The van der Waals surface area contributed by atoms with E-state index in [0.29, 0.717) is 23.0 Å². The molecule has 0 aromatic heterocycles. The third kappa shape index (κ3) is 1.61. The van der Waals surface area contributed by atoms with Crippen LogP contribution in [0.4, 0.5) is 0 Å². The van der Waals surface area contributed by atoms with Crippen molar-refractivity contribution in [3.05, 3.63) is 12.2 Å². The smallest absolute Gasteiger partial charge is 0.155 e. The Morgan fingerprint density at radius 2 is 2.35 bits per heavy atom. The highest BCUT2D eigenvalue weighted by Crippen LogP contribution is 2.57. The first-order valence-corrected chi connectivity index (χ1v) is 7.10. The zero-order valence-corrected chi connectivity index (χ0v) is 11.0.